The van der Waals surface area contributed by atoms with Gasteiger partial charge in [-0.25, -0.2) is 0 Å². The second kappa shape index (κ2) is 20.0. The van der Waals surface area contributed by atoms with Crippen LogP contribution in [0.15, 0.2) is 109 Å². The molecule has 1 aliphatic carbocycles. The quantitative estimate of drug-likeness (QED) is 0.123. The van der Waals surface area contributed by atoms with Crippen LogP contribution in [-0.2, 0) is 28.8 Å². The van der Waals surface area contributed by atoms with E-state index in [4.69, 9.17) is 0 Å². The predicted octanol–water partition coefficient (Wildman–Crippen LogP) is 14.2. The van der Waals surface area contributed by atoms with E-state index in [1.807, 2.05) is 0 Å². The molecule has 4 heteroatoms. The molecule has 0 heterocycles. The van der Waals surface area contributed by atoms with Crippen molar-refractivity contribution in [1.29, 1.82) is 0 Å². The molecule has 1 aliphatic rings. The van der Waals surface area contributed by atoms with E-state index in [1.165, 1.54) is 110 Å². The van der Waals surface area contributed by atoms with Gasteiger partial charge in [-0.2, -0.15) is 12.1 Å². The minimum absolute atomic E-state index is 0. The Morgan fingerprint density at radius 1 is 0.673 bits per heavy atom. The fourth-order valence-electron chi connectivity index (χ4n) is 6.84. The summed E-state index contributed by atoms with van der Waals surface area (Å²) in [6.45, 7) is 16.5. The second-order valence-electron chi connectivity index (χ2n) is 14.0. The molecule has 0 aliphatic heterocycles. The van der Waals surface area contributed by atoms with Gasteiger partial charge in [0.25, 0.3) is 0 Å². The van der Waals surface area contributed by atoms with Crippen LogP contribution in [0.3, 0.4) is 0 Å². The number of benzene rings is 4. The SMILES string of the molecule is CC(C)(C)c1ccc(-c2cccc3[cH-]c(C4CCCC4)cc23)cc1.Cc1cc2c(-c3ccc(C(C)C)cc3)cccc2[cH-]1.Cl.Cl.[CH3-].[CH3-].[Si]=[Zr]. The number of fused-ring (bicyclic) bond motifs is 2. The van der Waals surface area contributed by atoms with Crippen molar-refractivity contribution in [3.8, 4) is 22.3 Å². The Hall–Kier alpha value is -2.22. The molecule has 260 valence electrons. The fourth-order valence-corrected chi connectivity index (χ4v) is 6.84. The molecule has 1 fully saturated rings. The monoisotopic (exact) mass is 782 g/mol. The van der Waals surface area contributed by atoms with Crippen LogP contribution in [0.5, 0.6) is 0 Å². The Bertz CT molecular complexity index is 1850. The van der Waals surface area contributed by atoms with Gasteiger partial charge < -0.3 is 14.9 Å². The van der Waals surface area contributed by atoms with E-state index in [2.05, 4.69) is 158 Å². The summed E-state index contributed by atoms with van der Waals surface area (Å²) in [5, 5.41) is 5.51. The first-order valence-electron chi connectivity index (χ1n) is 16.5. The molecule has 2 radical (unpaired) electrons. The Labute approximate surface area is 327 Å². The second-order valence-corrected chi connectivity index (χ2v) is 14.0. The van der Waals surface area contributed by atoms with Crippen molar-refractivity contribution in [3.63, 3.8) is 0 Å². The molecule has 7 rings (SSSR count). The summed E-state index contributed by atoms with van der Waals surface area (Å²) in [4.78, 5) is 0. The van der Waals surface area contributed by atoms with Crippen molar-refractivity contribution >= 4 is 53.2 Å². The first-order valence-corrected chi connectivity index (χ1v) is 20.7. The molecule has 0 atom stereocenters. The molecule has 6 aromatic carbocycles. The average Bonchev–Trinajstić information content (AvgIpc) is 3.81. The molecule has 0 spiro atoms. The standard InChI is InChI=1S/C24H27.C19H19.2CH3.2ClH.Si.Zr/c1-24(2,3)21-13-11-18(12-14-21)22-10-6-9-19-15-20(16-23(19)22)17-7-4-5-8-17;1-13(2)15-7-9-16(10-8-15)18-6-4-5-17-11-14(3)12-19(17)18;;;;;;/h6,9-17H,4-5,7-8H2,1-3H3;4-13H,1-3H3;2*1H3;2*1H;;/q4*-1;;;;. The van der Waals surface area contributed by atoms with E-state index >= 15 is 0 Å². The van der Waals surface area contributed by atoms with Gasteiger partial charge in [0, 0.05) is 0 Å². The third kappa shape index (κ3) is 10.6. The van der Waals surface area contributed by atoms with Gasteiger partial charge in [-0.3, -0.25) is 0 Å². The van der Waals surface area contributed by atoms with E-state index in [0.29, 0.717) is 5.92 Å². The van der Waals surface area contributed by atoms with Gasteiger partial charge in [0.15, 0.2) is 0 Å². The third-order valence-corrected chi connectivity index (χ3v) is 9.44. The van der Waals surface area contributed by atoms with E-state index < -0.39 is 0 Å². The predicted molar refractivity (Wildman–Crippen MR) is 222 cm³/mol. The van der Waals surface area contributed by atoms with Crippen LogP contribution in [0, 0.1) is 21.8 Å². The summed E-state index contributed by atoms with van der Waals surface area (Å²) in [5.74, 6) is 1.37. The van der Waals surface area contributed by atoms with Crippen molar-refractivity contribution in [2.75, 3.05) is 0 Å². The molecule has 49 heavy (non-hydrogen) atoms. The van der Waals surface area contributed by atoms with Crippen LogP contribution in [-0.4, -0.2) is 6.88 Å². The van der Waals surface area contributed by atoms with E-state index in [-0.39, 0.29) is 45.1 Å². The first-order chi connectivity index (χ1) is 21.7. The Balaban J connectivity index is 0.000000441. The van der Waals surface area contributed by atoms with Crippen LogP contribution in [0.2, 0.25) is 0 Å². The van der Waals surface area contributed by atoms with E-state index in [1.54, 1.807) is 5.56 Å². The minimum atomic E-state index is 0. The maximum absolute atomic E-state index is 3.06. The number of aryl methyl sites for hydroxylation is 1. The molecule has 0 saturated heterocycles. The topological polar surface area (TPSA) is 0 Å². The fraction of sp³-hybridized carbons (Fsp3) is 0.289. The third-order valence-electron chi connectivity index (χ3n) is 9.44. The van der Waals surface area contributed by atoms with Gasteiger partial charge in [-0.1, -0.05) is 126 Å². The normalized spacial score (nSPS) is 12.4. The Morgan fingerprint density at radius 3 is 1.63 bits per heavy atom. The summed E-state index contributed by atoms with van der Waals surface area (Å²) in [6, 6.07) is 40.8. The van der Waals surface area contributed by atoms with Gasteiger partial charge >= 0.3 is 30.2 Å². The van der Waals surface area contributed by atoms with E-state index in [0.717, 1.165) is 5.92 Å². The summed E-state index contributed by atoms with van der Waals surface area (Å²) < 4.78 is 0. The molecule has 0 nitrogen and oxygen atoms in total. The van der Waals surface area contributed by atoms with Crippen LogP contribution in [0.4, 0.5) is 0 Å². The average molecular weight is 785 g/mol. The number of rotatable bonds is 4. The van der Waals surface area contributed by atoms with E-state index in [9.17, 15) is 0 Å². The summed E-state index contributed by atoms with van der Waals surface area (Å²) in [6.07, 6.45) is 5.53. The van der Waals surface area contributed by atoms with Gasteiger partial charge in [-0.05, 0) is 52.3 Å². The van der Waals surface area contributed by atoms with Crippen LogP contribution >= 0.6 is 24.8 Å². The van der Waals surface area contributed by atoms with Gasteiger partial charge in [0.1, 0.15) is 0 Å². The molecular formula is C45H54Cl2SiZr-4. The number of halogens is 2. The number of hydrogen-bond acceptors (Lipinski definition) is 0. The Kier molecular flexibility index (Phi) is 18.3. The summed E-state index contributed by atoms with van der Waals surface area (Å²) in [7, 11) is 0. The van der Waals surface area contributed by atoms with Crippen molar-refractivity contribution < 1.29 is 23.3 Å². The van der Waals surface area contributed by atoms with Crippen molar-refractivity contribution in [2.24, 2.45) is 0 Å². The van der Waals surface area contributed by atoms with Gasteiger partial charge in [0.05, 0.1) is 0 Å². The van der Waals surface area contributed by atoms with Crippen LogP contribution in [0.25, 0.3) is 43.8 Å². The molecule has 1 saturated carbocycles. The first kappa shape index (κ1) is 44.8. The summed E-state index contributed by atoms with van der Waals surface area (Å²) >= 11 is 1.36. The molecule has 0 bridgehead atoms. The zero-order chi connectivity index (χ0) is 32.1. The number of hydrogen-bond donors (Lipinski definition) is 0. The van der Waals surface area contributed by atoms with Crippen LogP contribution < -0.4 is 0 Å². The van der Waals surface area contributed by atoms with Gasteiger partial charge in [-0.15, -0.1) is 93.9 Å². The Morgan fingerprint density at radius 2 is 1.14 bits per heavy atom. The molecule has 0 unspecified atom stereocenters. The molecule has 0 N–H and O–H groups in total. The van der Waals surface area contributed by atoms with Crippen molar-refractivity contribution in [1.82, 2.24) is 0 Å². The zero-order valence-electron chi connectivity index (χ0n) is 30.7. The molecule has 0 aromatic heterocycles. The maximum atomic E-state index is 3.06. The van der Waals surface area contributed by atoms with Gasteiger partial charge in [0.2, 0.25) is 0 Å². The summed E-state index contributed by atoms with van der Waals surface area (Å²) in [5.41, 5.74) is 11.2. The van der Waals surface area contributed by atoms with Crippen LogP contribution in [0.1, 0.15) is 94.4 Å². The van der Waals surface area contributed by atoms with Crippen molar-refractivity contribution in [3.05, 3.63) is 146 Å². The molecule has 0 amide bonds. The molecular weight excluding hydrogens is 731 g/mol. The molecule has 6 aromatic rings. The van der Waals surface area contributed by atoms with Crippen molar-refractivity contribution in [2.45, 2.75) is 84.5 Å². The zero-order valence-corrected chi connectivity index (χ0v) is 35.8.